The second kappa shape index (κ2) is 7.87. The average molecular weight is 414 g/mol. The number of non-ortho nitro benzene ring substituents is 1. The SMILES string of the molecule is Cc1ccc(N2C(=O)C(=O)/C(=C(/O)c3ccccc3)[C@@H]2c2cccc([N+](=O)[O-])c2)cc1. The van der Waals surface area contributed by atoms with E-state index >= 15 is 0 Å². The number of carbonyl (C=O) groups excluding carboxylic acids is 2. The molecule has 0 radical (unpaired) electrons. The third-order valence-electron chi connectivity index (χ3n) is 5.20. The number of nitrogens with zero attached hydrogens (tertiary/aromatic N) is 2. The lowest BCUT2D eigenvalue weighted by molar-refractivity contribution is -0.384. The van der Waals surface area contributed by atoms with Crippen LogP contribution in [-0.2, 0) is 9.59 Å². The van der Waals surface area contributed by atoms with Crippen LogP contribution >= 0.6 is 0 Å². The quantitative estimate of drug-likeness (QED) is 0.222. The minimum atomic E-state index is -1.01. The van der Waals surface area contributed by atoms with Gasteiger partial charge in [-0.2, -0.15) is 0 Å². The lowest BCUT2D eigenvalue weighted by atomic mass is 9.95. The number of hydrogen-bond donors (Lipinski definition) is 1. The first kappa shape index (κ1) is 20.0. The molecule has 1 aliphatic rings. The van der Waals surface area contributed by atoms with Gasteiger partial charge in [0.2, 0.25) is 0 Å². The van der Waals surface area contributed by atoms with Crippen LogP contribution in [0.25, 0.3) is 5.76 Å². The van der Waals surface area contributed by atoms with E-state index in [0.29, 0.717) is 16.8 Å². The molecule has 1 aliphatic heterocycles. The van der Waals surface area contributed by atoms with Crippen LogP contribution in [0.4, 0.5) is 11.4 Å². The lowest BCUT2D eigenvalue weighted by Gasteiger charge is -2.25. The Morgan fingerprint density at radius 3 is 2.29 bits per heavy atom. The van der Waals surface area contributed by atoms with Crippen LogP contribution < -0.4 is 4.90 Å². The Morgan fingerprint density at radius 2 is 1.65 bits per heavy atom. The maximum atomic E-state index is 13.0. The van der Waals surface area contributed by atoms with Crippen molar-refractivity contribution < 1.29 is 19.6 Å². The summed E-state index contributed by atoms with van der Waals surface area (Å²) in [6.45, 7) is 1.89. The molecule has 31 heavy (non-hydrogen) atoms. The molecule has 1 heterocycles. The van der Waals surface area contributed by atoms with Gasteiger partial charge in [0.25, 0.3) is 17.4 Å². The van der Waals surface area contributed by atoms with Gasteiger partial charge in [0.05, 0.1) is 16.5 Å². The number of ketones is 1. The molecule has 7 heteroatoms. The van der Waals surface area contributed by atoms with E-state index in [1.165, 1.54) is 23.1 Å². The van der Waals surface area contributed by atoms with Crippen molar-refractivity contribution in [2.24, 2.45) is 0 Å². The number of hydrogen-bond acceptors (Lipinski definition) is 5. The highest BCUT2D eigenvalue weighted by atomic mass is 16.6. The first-order chi connectivity index (χ1) is 14.9. The Labute approximate surface area is 178 Å². The van der Waals surface area contributed by atoms with Crippen molar-refractivity contribution in [2.45, 2.75) is 13.0 Å². The van der Waals surface area contributed by atoms with E-state index in [0.717, 1.165) is 5.56 Å². The van der Waals surface area contributed by atoms with Crippen molar-refractivity contribution in [2.75, 3.05) is 4.90 Å². The normalized spacial score (nSPS) is 17.7. The maximum absolute atomic E-state index is 13.0. The summed E-state index contributed by atoms with van der Waals surface area (Å²) in [4.78, 5) is 38.1. The second-order valence-electron chi connectivity index (χ2n) is 7.22. The zero-order chi connectivity index (χ0) is 22.1. The topological polar surface area (TPSA) is 101 Å². The van der Waals surface area contributed by atoms with Gasteiger partial charge in [0.1, 0.15) is 5.76 Å². The molecule has 1 amide bonds. The van der Waals surface area contributed by atoms with Crippen molar-refractivity contribution in [3.63, 3.8) is 0 Å². The van der Waals surface area contributed by atoms with Crippen molar-refractivity contribution >= 4 is 28.8 Å². The standard InChI is InChI=1S/C24H18N2O5/c1-15-10-12-18(13-11-15)25-21(17-8-5-9-19(14-17)26(30)31)20(23(28)24(25)29)22(27)16-6-3-2-4-7-16/h2-14,21,27H,1H3/b22-20+/t21-/m0/s1. The van der Waals surface area contributed by atoms with E-state index in [4.69, 9.17) is 0 Å². The molecular formula is C24H18N2O5. The highest BCUT2D eigenvalue weighted by Crippen LogP contribution is 2.42. The molecule has 0 saturated carbocycles. The van der Waals surface area contributed by atoms with Crippen molar-refractivity contribution in [3.8, 4) is 0 Å². The number of amides is 1. The minimum Gasteiger partial charge on any atom is -0.507 e. The Morgan fingerprint density at radius 1 is 0.968 bits per heavy atom. The number of anilines is 1. The van der Waals surface area contributed by atoms with E-state index in [9.17, 15) is 24.8 Å². The number of nitro benzene ring substituents is 1. The summed E-state index contributed by atoms with van der Waals surface area (Å²) in [6.07, 6.45) is 0. The summed E-state index contributed by atoms with van der Waals surface area (Å²) >= 11 is 0. The second-order valence-corrected chi connectivity index (χ2v) is 7.22. The number of aryl methyl sites for hydroxylation is 1. The molecule has 1 atom stereocenters. The van der Waals surface area contributed by atoms with Gasteiger partial charge in [-0.3, -0.25) is 24.6 Å². The Kier molecular flexibility index (Phi) is 5.09. The molecule has 4 rings (SSSR count). The third-order valence-corrected chi connectivity index (χ3v) is 5.20. The van der Waals surface area contributed by atoms with Gasteiger partial charge in [-0.25, -0.2) is 0 Å². The summed E-state index contributed by atoms with van der Waals surface area (Å²) in [5, 5.41) is 22.3. The van der Waals surface area contributed by atoms with Crippen LogP contribution in [0.3, 0.4) is 0 Å². The molecule has 3 aromatic rings. The van der Waals surface area contributed by atoms with E-state index in [1.807, 2.05) is 6.92 Å². The van der Waals surface area contributed by atoms with Crippen LogP contribution in [0, 0.1) is 17.0 Å². The molecule has 1 N–H and O–H groups in total. The Hall–Kier alpha value is -4.26. The van der Waals surface area contributed by atoms with Gasteiger partial charge in [0.15, 0.2) is 0 Å². The van der Waals surface area contributed by atoms with Gasteiger partial charge in [0, 0.05) is 23.4 Å². The summed E-state index contributed by atoms with van der Waals surface area (Å²) in [5.74, 6) is -1.98. The van der Waals surface area contributed by atoms with Crippen LogP contribution in [0.15, 0.2) is 84.4 Å². The number of nitro groups is 1. The highest BCUT2D eigenvalue weighted by molar-refractivity contribution is 6.51. The minimum absolute atomic E-state index is 0.114. The zero-order valence-electron chi connectivity index (χ0n) is 16.6. The molecule has 1 saturated heterocycles. The molecule has 0 aromatic heterocycles. The van der Waals surface area contributed by atoms with Gasteiger partial charge < -0.3 is 5.11 Å². The van der Waals surface area contributed by atoms with Crippen LogP contribution in [-0.4, -0.2) is 21.7 Å². The van der Waals surface area contributed by atoms with Crippen molar-refractivity contribution in [3.05, 3.63) is 111 Å². The van der Waals surface area contributed by atoms with Crippen LogP contribution in [0.2, 0.25) is 0 Å². The summed E-state index contributed by atoms with van der Waals surface area (Å²) in [6, 6.07) is 20.2. The molecule has 0 spiro atoms. The summed E-state index contributed by atoms with van der Waals surface area (Å²) < 4.78 is 0. The Bertz CT molecular complexity index is 1220. The molecular weight excluding hydrogens is 396 g/mol. The summed E-state index contributed by atoms with van der Waals surface area (Å²) in [5.41, 5.74) is 1.86. The molecule has 0 unspecified atom stereocenters. The van der Waals surface area contributed by atoms with Gasteiger partial charge in [-0.05, 0) is 24.6 Å². The Balaban J connectivity index is 1.97. The molecule has 7 nitrogen and oxygen atoms in total. The van der Waals surface area contributed by atoms with Crippen molar-refractivity contribution in [1.82, 2.24) is 0 Å². The third kappa shape index (κ3) is 3.57. The largest absolute Gasteiger partial charge is 0.507 e. The lowest BCUT2D eigenvalue weighted by Crippen LogP contribution is -2.29. The maximum Gasteiger partial charge on any atom is 0.300 e. The number of benzene rings is 3. The first-order valence-electron chi connectivity index (χ1n) is 9.56. The zero-order valence-corrected chi connectivity index (χ0v) is 16.6. The van der Waals surface area contributed by atoms with E-state index in [1.54, 1.807) is 60.7 Å². The summed E-state index contributed by atoms with van der Waals surface area (Å²) in [7, 11) is 0. The molecule has 154 valence electrons. The number of Topliss-reactive ketones (excluding diaryl/α,β-unsaturated/α-hetero) is 1. The fourth-order valence-corrected chi connectivity index (χ4v) is 3.68. The first-order valence-corrected chi connectivity index (χ1v) is 9.56. The van der Waals surface area contributed by atoms with E-state index in [-0.39, 0.29) is 17.0 Å². The van der Waals surface area contributed by atoms with Gasteiger partial charge in [-0.15, -0.1) is 0 Å². The number of rotatable bonds is 4. The molecule has 0 bridgehead atoms. The molecule has 3 aromatic carbocycles. The van der Waals surface area contributed by atoms with Gasteiger partial charge in [-0.1, -0.05) is 60.2 Å². The fourth-order valence-electron chi connectivity index (χ4n) is 3.68. The highest BCUT2D eigenvalue weighted by Gasteiger charge is 2.47. The van der Waals surface area contributed by atoms with Gasteiger partial charge >= 0.3 is 0 Å². The number of aliphatic hydroxyl groups is 1. The fraction of sp³-hybridized carbons (Fsp3) is 0.0833. The molecule has 0 aliphatic carbocycles. The molecule has 1 fully saturated rings. The van der Waals surface area contributed by atoms with Crippen LogP contribution in [0.5, 0.6) is 0 Å². The van der Waals surface area contributed by atoms with Crippen molar-refractivity contribution in [1.29, 1.82) is 0 Å². The number of aliphatic hydroxyl groups excluding tert-OH is 1. The van der Waals surface area contributed by atoms with E-state index in [2.05, 4.69) is 0 Å². The predicted molar refractivity (Wildman–Crippen MR) is 116 cm³/mol. The monoisotopic (exact) mass is 414 g/mol. The predicted octanol–water partition coefficient (Wildman–Crippen LogP) is 4.53. The average Bonchev–Trinajstić information content (AvgIpc) is 3.05. The van der Waals surface area contributed by atoms with Crippen LogP contribution in [0.1, 0.15) is 22.7 Å². The number of carbonyl (C=O) groups is 2. The smallest absolute Gasteiger partial charge is 0.300 e. The van der Waals surface area contributed by atoms with E-state index < -0.39 is 22.7 Å².